The number of rotatable bonds is 6. The summed E-state index contributed by atoms with van der Waals surface area (Å²) in [5, 5.41) is 14.0. The molecule has 2 fully saturated rings. The number of hydrogen-bond acceptors (Lipinski definition) is 10. The molecule has 1 unspecified atom stereocenters. The number of anilines is 1. The van der Waals surface area contributed by atoms with Crippen LogP contribution in [0.3, 0.4) is 0 Å². The largest absolute Gasteiger partial charge is 0.443 e. The summed E-state index contributed by atoms with van der Waals surface area (Å²) in [6.45, 7) is 10.9. The van der Waals surface area contributed by atoms with E-state index >= 15 is 0 Å². The van der Waals surface area contributed by atoms with Gasteiger partial charge in [-0.05, 0) is 79.7 Å². The van der Waals surface area contributed by atoms with Crippen LogP contribution < -0.4 is 4.90 Å². The van der Waals surface area contributed by atoms with Gasteiger partial charge in [0.05, 0.1) is 41.9 Å². The fourth-order valence-electron chi connectivity index (χ4n) is 5.55. The van der Waals surface area contributed by atoms with E-state index in [1.807, 2.05) is 16.9 Å². The maximum absolute atomic E-state index is 13.6. The van der Waals surface area contributed by atoms with E-state index in [0.29, 0.717) is 30.1 Å². The molecule has 0 radical (unpaired) electrons. The molecule has 6 rings (SSSR count). The minimum atomic E-state index is -0.888. The van der Waals surface area contributed by atoms with Crippen molar-refractivity contribution in [1.29, 1.82) is 0 Å². The molecule has 14 heteroatoms. The van der Waals surface area contributed by atoms with Crippen LogP contribution in [0.25, 0.3) is 28.2 Å². The second kappa shape index (κ2) is 12.1. The predicted octanol–water partition coefficient (Wildman–Crippen LogP) is 6.18. The van der Waals surface area contributed by atoms with Crippen LogP contribution >= 0.6 is 0 Å². The van der Waals surface area contributed by atoms with E-state index in [0.717, 1.165) is 41.7 Å². The highest BCUT2D eigenvalue weighted by Gasteiger charge is 2.37. The first-order chi connectivity index (χ1) is 21.8. The third-order valence-electron chi connectivity index (χ3n) is 7.83. The molecule has 0 bridgehead atoms. The van der Waals surface area contributed by atoms with Crippen molar-refractivity contribution in [3.8, 4) is 22.6 Å². The van der Waals surface area contributed by atoms with Gasteiger partial charge in [0.2, 0.25) is 0 Å². The first-order valence-electron chi connectivity index (χ1n) is 15.7. The van der Waals surface area contributed by atoms with E-state index in [-0.39, 0.29) is 18.0 Å². The third kappa shape index (κ3) is 6.63. The van der Waals surface area contributed by atoms with Crippen LogP contribution in [0, 0.1) is 0 Å². The van der Waals surface area contributed by atoms with E-state index in [1.165, 1.54) is 0 Å². The van der Waals surface area contributed by atoms with Crippen molar-refractivity contribution < 1.29 is 28.5 Å². The molecule has 1 saturated heterocycles. The summed E-state index contributed by atoms with van der Waals surface area (Å²) < 4.78 is 28.1. The van der Waals surface area contributed by atoms with Gasteiger partial charge in [-0.15, -0.1) is 0 Å². The highest BCUT2D eigenvalue weighted by molar-refractivity contribution is 6.09. The maximum atomic E-state index is 13.6. The highest BCUT2D eigenvalue weighted by Crippen LogP contribution is 2.36. The first kappa shape index (κ1) is 31.7. The molecule has 4 aromatic rings. The zero-order valence-electron chi connectivity index (χ0n) is 27.5. The number of ether oxygens (including phenoxy) is 4. The summed E-state index contributed by atoms with van der Waals surface area (Å²) >= 11 is 0. The Kier molecular flexibility index (Phi) is 8.36. The van der Waals surface area contributed by atoms with Gasteiger partial charge >= 0.3 is 12.2 Å². The number of carbonyl (C=O) groups excluding carboxylic acids is 2. The van der Waals surface area contributed by atoms with Crippen molar-refractivity contribution in [3.63, 3.8) is 0 Å². The summed E-state index contributed by atoms with van der Waals surface area (Å²) in [6, 6.07) is 3.79. The number of aromatic nitrogens is 7. The van der Waals surface area contributed by atoms with Gasteiger partial charge in [0, 0.05) is 31.5 Å². The summed E-state index contributed by atoms with van der Waals surface area (Å²) in [6.07, 6.45) is 9.47. The Morgan fingerprint density at radius 1 is 0.978 bits per heavy atom. The Balaban J connectivity index is 1.44. The molecule has 0 N–H and O–H groups in total. The Hall–Kier alpha value is -4.30. The van der Waals surface area contributed by atoms with E-state index in [1.54, 1.807) is 82.5 Å². The number of fused-ring (bicyclic) bond motifs is 1. The average Bonchev–Trinajstić information content (AvgIpc) is 3.71. The van der Waals surface area contributed by atoms with E-state index in [9.17, 15) is 9.59 Å². The lowest BCUT2D eigenvalue weighted by molar-refractivity contribution is -0.0385. The number of methoxy groups -OCH3 is 1. The lowest BCUT2D eigenvalue weighted by atomic mass is 9.89. The minimum absolute atomic E-state index is 0.153. The maximum Gasteiger partial charge on any atom is 0.425 e. The van der Waals surface area contributed by atoms with Crippen LogP contribution in [-0.4, -0.2) is 77.4 Å². The monoisotopic (exact) mass is 634 g/mol. The van der Waals surface area contributed by atoms with Gasteiger partial charge in [0.15, 0.2) is 12.0 Å². The number of hydrogen-bond donors (Lipinski definition) is 0. The average molecular weight is 635 g/mol. The number of nitrogens with zero attached hydrogens (tertiary/aromatic N) is 8. The molecule has 1 aliphatic carbocycles. The van der Waals surface area contributed by atoms with Crippen molar-refractivity contribution >= 4 is 23.5 Å². The lowest BCUT2D eigenvalue weighted by Crippen LogP contribution is -2.45. The Morgan fingerprint density at radius 3 is 2.33 bits per heavy atom. The van der Waals surface area contributed by atoms with Crippen LogP contribution in [0.5, 0.6) is 0 Å². The van der Waals surface area contributed by atoms with Crippen LogP contribution in [-0.2, 0) is 18.9 Å². The molecule has 14 nitrogen and oxygen atoms in total. The number of amides is 2. The summed E-state index contributed by atoms with van der Waals surface area (Å²) in [7, 11) is 1.73. The molecule has 4 aromatic heterocycles. The van der Waals surface area contributed by atoms with Crippen molar-refractivity contribution in [2.75, 3.05) is 18.6 Å². The molecular formula is C32H42N8O6. The van der Waals surface area contributed by atoms with Crippen LogP contribution in [0.15, 0.2) is 36.9 Å². The van der Waals surface area contributed by atoms with Gasteiger partial charge in [-0.3, -0.25) is 4.68 Å². The SMILES string of the molecule is CO[C@H]1C[C@H](n2cc(-c3nc(-c4cc(N(C(=O)OC(C)(C)C)C(=O)OC(C)(C)C)n(C5CCCCO5)n4)cn4nccc34)cn2)C1. The molecular weight excluding hydrogens is 592 g/mol. The van der Waals surface area contributed by atoms with E-state index in [4.69, 9.17) is 29.0 Å². The van der Waals surface area contributed by atoms with Gasteiger partial charge in [-0.1, -0.05) is 0 Å². The molecule has 46 heavy (non-hydrogen) atoms. The van der Waals surface area contributed by atoms with Gasteiger partial charge in [0.1, 0.15) is 22.6 Å². The standard InChI is InChI=1S/C32H42N8O6/c1-31(2,3)45-29(41)39(30(42)46-32(4,5)6)26-16-23(36-40(26)27-10-8-9-13-44-27)24-19-38-25(11-12-33-38)28(35-24)20-17-34-37(18-20)21-14-22(15-21)43-7/h11-12,16-19,21-22,27H,8-10,13-15H2,1-7H3/t21-,22-,27?. The topological polar surface area (TPSA) is 140 Å². The molecule has 0 spiro atoms. The molecule has 5 heterocycles. The smallest absolute Gasteiger partial charge is 0.425 e. The molecule has 2 amide bonds. The molecule has 1 aliphatic heterocycles. The second-order valence-electron chi connectivity index (χ2n) is 13.8. The van der Waals surface area contributed by atoms with Crippen molar-refractivity contribution in [2.45, 2.75) is 103 Å². The van der Waals surface area contributed by atoms with Gasteiger partial charge in [-0.2, -0.15) is 20.2 Å². The van der Waals surface area contributed by atoms with E-state index < -0.39 is 29.6 Å². The third-order valence-corrected chi connectivity index (χ3v) is 7.83. The first-order valence-corrected chi connectivity index (χ1v) is 15.7. The Labute approximate surface area is 267 Å². The second-order valence-corrected chi connectivity index (χ2v) is 13.8. The fraction of sp³-hybridized carbons (Fsp3) is 0.562. The molecule has 1 atom stereocenters. The van der Waals surface area contributed by atoms with Crippen molar-refractivity contribution in [2.24, 2.45) is 0 Å². The van der Waals surface area contributed by atoms with Gasteiger partial charge in [-0.25, -0.2) is 23.8 Å². The van der Waals surface area contributed by atoms with E-state index in [2.05, 4.69) is 10.2 Å². The molecule has 2 aliphatic rings. The zero-order chi connectivity index (χ0) is 32.8. The van der Waals surface area contributed by atoms with Crippen LogP contribution in [0.4, 0.5) is 15.4 Å². The lowest BCUT2D eigenvalue weighted by Gasteiger charge is -2.34. The van der Waals surface area contributed by atoms with Gasteiger partial charge < -0.3 is 18.9 Å². The van der Waals surface area contributed by atoms with Crippen LogP contribution in [0.2, 0.25) is 0 Å². The Bertz CT molecular complexity index is 1690. The molecule has 246 valence electrons. The number of carbonyl (C=O) groups is 2. The highest BCUT2D eigenvalue weighted by atomic mass is 16.6. The van der Waals surface area contributed by atoms with Crippen molar-refractivity contribution in [1.82, 2.24) is 34.2 Å². The molecule has 1 saturated carbocycles. The molecule has 0 aromatic carbocycles. The minimum Gasteiger partial charge on any atom is -0.443 e. The quantitative estimate of drug-likeness (QED) is 0.241. The summed E-state index contributed by atoms with van der Waals surface area (Å²) in [5.74, 6) is 0.153. The normalized spacial score (nSPS) is 20.4. The van der Waals surface area contributed by atoms with Crippen LogP contribution in [0.1, 0.15) is 85.9 Å². The summed E-state index contributed by atoms with van der Waals surface area (Å²) in [4.78, 5) is 33.2. The fourth-order valence-corrected chi connectivity index (χ4v) is 5.55. The van der Waals surface area contributed by atoms with Crippen molar-refractivity contribution in [3.05, 3.63) is 36.9 Å². The number of imide groups is 1. The Morgan fingerprint density at radius 2 is 1.70 bits per heavy atom. The van der Waals surface area contributed by atoms with Gasteiger partial charge in [0.25, 0.3) is 0 Å². The summed E-state index contributed by atoms with van der Waals surface area (Å²) in [5.41, 5.74) is 1.44. The zero-order valence-corrected chi connectivity index (χ0v) is 27.5. The predicted molar refractivity (Wildman–Crippen MR) is 168 cm³/mol.